The first-order valence-electron chi connectivity index (χ1n) is 8.15. The zero-order chi connectivity index (χ0) is 14.3. The van der Waals surface area contributed by atoms with Crippen molar-refractivity contribution in [3.63, 3.8) is 0 Å². The van der Waals surface area contributed by atoms with Gasteiger partial charge in [0.25, 0.3) is 0 Å². The Morgan fingerprint density at radius 2 is 1.84 bits per heavy atom. The van der Waals surface area contributed by atoms with Crippen molar-refractivity contribution in [3.05, 3.63) is 0 Å². The molecule has 1 aliphatic heterocycles. The summed E-state index contributed by atoms with van der Waals surface area (Å²) in [6.45, 7) is 11.7. The molecule has 0 saturated carbocycles. The second-order valence-electron chi connectivity index (χ2n) is 6.69. The topological polar surface area (TPSA) is 18.5 Å². The van der Waals surface area contributed by atoms with Crippen LogP contribution >= 0.6 is 0 Å². The van der Waals surface area contributed by atoms with E-state index in [1.165, 1.54) is 38.8 Å². The van der Waals surface area contributed by atoms with Crippen LogP contribution in [0.1, 0.15) is 46.5 Å². The van der Waals surface area contributed by atoms with Gasteiger partial charge in [-0.05, 0) is 58.9 Å². The highest BCUT2D eigenvalue weighted by Gasteiger charge is 2.25. The third-order valence-corrected chi connectivity index (χ3v) is 4.39. The molecule has 1 fully saturated rings. The molecule has 1 atom stereocenters. The lowest BCUT2D eigenvalue weighted by Crippen LogP contribution is -2.49. The average Bonchev–Trinajstić information content (AvgIpc) is 2.37. The van der Waals surface area contributed by atoms with Crippen molar-refractivity contribution in [2.45, 2.75) is 58.5 Å². The molecule has 0 radical (unpaired) electrons. The molecular weight excluding hydrogens is 234 g/mol. The summed E-state index contributed by atoms with van der Waals surface area (Å²) in [7, 11) is 4.58. The molecule has 3 heteroatoms. The minimum Gasteiger partial charge on any atom is -0.315 e. The number of nitrogens with one attached hydrogen (secondary N) is 1. The quantitative estimate of drug-likeness (QED) is 0.730. The van der Waals surface area contributed by atoms with E-state index in [4.69, 9.17) is 0 Å². The second kappa shape index (κ2) is 8.93. The Morgan fingerprint density at radius 1 is 1.21 bits per heavy atom. The molecule has 1 rings (SSSR count). The van der Waals surface area contributed by atoms with E-state index in [9.17, 15) is 0 Å². The summed E-state index contributed by atoms with van der Waals surface area (Å²) in [5, 5.41) is 3.65. The predicted octanol–water partition coefficient (Wildman–Crippen LogP) is 2.43. The molecular formula is C16H35N3. The first-order valence-corrected chi connectivity index (χ1v) is 8.15. The smallest absolute Gasteiger partial charge is 0.0220 e. The molecule has 1 heterocycles. The van der Waals surface area contributed by atoms with Gasteiger partial charge in [0, 0.05) is 18.6 Å². The summed E-state index contributed by atoms with van der Waals surface area (Å²) in [5.41, 5.74) is 0. The molecule has 0 aliphatic carbocycles. The Balaban J connectivity index is 2.40. The molecule has 1 aliphatic rings. The molecule has 0 aromatic carbocycles. The minimum atomic E-state index is 0.706. The highest BCUT2D eigenvalue weighted by atomic mass is 15.2. The molecule has 0 spiro atoms. The van der Waals surface area contributed by atoms with Gasteiger partial charge in [0.2, 0.25) is 0 Å². The van der Waals surface area contributed by atoms with Gasteiger partial charge in [0.05, 0.1) is 0 Å². The monoisotopic (exact) mass is 269 g/mol. The summed E-state index contributed by atoms with van der Waals surface area (Å²) in [5.74, 6) is 0.746. The van der Waals surface area contributed by atoms with Crippen molar-refractivity contribution in [1.29, 1.82) is 0 Å². The number of nitrogens with zero attached hydrogens (tertiary/aromatic N) is 2. The van der Waals surface area contributed by atoms with Crippen LogP contribution in [0.3, 0.4) is 0 Å². The lowest BCUT2D eigenvalue weighted by atomic mass is 10.0. The fourth-order valence-electron chi connectivity index (χ4n) is 3.02. The third-order valence-electron chi connectivity index (χ3n) is 4.39. The summed E-state index contributed by atoms with van der Waals surface area (Å²) in [4.78, 5) is 5.11. The van der Waals surface area contributed by atoms with E-state index in [2.05, 4.69) is 50.0 Å². The van der Waals surface area contributed by atoms with Crippen LogP contribution in [0.15, 0.2) is 0 Å². The van der Waals surface area contributed by atoms with Crippen LogP contribution in [0.4, 0.5) is 0 Å². The fourth-order valence-corrected chi connectivity index (χ4v) is 3.02. The zero-order valence-electron chi connectivity index (χ0n) is 13.8. The second-order valence-corrected chi connectivity index (χ2v) is 6.69. The number of likely N-dealkylation sites (tertiary alicyclic amines) is 1. The minimum absolute atomic E-state index is 0.706. The van der Waals surface area contributed by atoms with Crippen LogP contribution < -0.4 is 5.32 Å². The van der Waals surface area contributed by atoms with Crippen LogP contribution in [0.25, 0.3) is 0 Å². The van der Waals surface area contributed by atoms with Gasteiger partial charge < -0.3 is 10.2 Å². The number of rotatable bonds is 8. The predicted molar refractivity (Wildman–Crippen MR) is 84.7 cm³/mol. The Kier molecular flexibility index (Phi) is 7.96. The van der Waals surface area contributed by atoms with Gasteiger partial charge in [0.15, 0.2) is 0 Å². The highest BCUT2D eigenvalue weighted by molar-refractivity contribution is 4.82. The van der Waals surface area contributed by atoms with Gasteiger partial charge in [-0.3, -0.25) is 4.90 Å². The van der Waals surface area contributed by atoms with E-state index >= 15 is 0 Å². The van der Waals surface area contributed by atoms with Crippen LogP contribution in [0.5, 0.6) is 0 Å². The maximum atomic E-state index is 3.65. The van der Waals surface area contributed by atoms with Gasteiger partial charge in [0.1, 0.15) is 0 Å². The first kappa shape index (κ1) is 16.9. The maximum Gasteiger partial charge on any atom is 0.0220 e. The normalized spacial score (nSPS) is 20.4. The van der Waals surface area contributed by atoms with Crippen molar-refractivity contribution in [3.8, 4) is 0 Å². The van der Waals surface area contributed by atoms with E-state index in [0.717, 1.165) is 25.0 Å². The van der Waals surface area contributed by atoms with E-state index < -0.39 is 0 Å². The molecule has 19 heavy (non-hydrogen) atoms. The van der Waals surface area contributed by atoms with E-state index in [1.54, 1.807) is 0 Å². The van der Waals surface area contributed by atoms with Crippen LogP contribution in [-0.4, -0.2) is 62.2 Å². The van der Waals surface area contributed by atoms with E-state index in [-0.39, 0.29) is 0 Å². The molecule has 1 saturated heterocycles. The van der Waals surface area contributed by atoms with Crippen molar-refractivity contribution in [2.24, 2.45) is 5.92 Å². The molecule has 0 aromatic rings. The lowest BCUT2D eigenvalue weighted by molar-refractivity contribution is 0.101. The highest BCUT2D eigenvalue weighted by Crippen LogP contribution is 2.18. The zero-order valence-corrected chi connectivity index (χ0v) is 13.8. The Bertz CT molecular complexity index is 222. The third kappa shape index (κ3) is 6.24. The number of hydrogen-bond donors (Lipinski definition) is 1. The Hall–Kier alpha value is -0.120. The molecule has 1 N–H and O–H groups in total. The van der Waals surface area contributed by atoms with Crippen molar-refractivity contribution >= 4 is 0 Å². The molecule has 3 nitrogen and oxygen atoms in total. The van der Waals surface area contributed by atoms with Crippen LogP contribution in [0.2, 0.25) is 0 Å². The van der Waals surface area contributed by atoms with Gasteiger partial charge >= 0.3 is 0 Å². The number of likely N-dealkylation sites (N-methyl/N-ethyl adjacent to an activating group) is 1. The summed E-state index contributed by atoms with van der Waals surface area (Å²) >= 11 is 0. The largest absolute Gasteiger partial charge is 0.315 e. The Morgan fingerprint density at radius 3 is 2.37 bits per heavy atom. The van der Waals surface area contributed by atoms with E-state index in [1.807, 2.05) is 0 Å². The SMILES string of the molecule is CCCC(CNCC(C)C)N(C)C1CCN(C)CC1. The summed E-state index contributed by atoms with van der Waals surface area (Å²) in [6.07, 6.45) is 5.26. The van der Waals surface area contributed by atoms with Crippen molar-refractivity contribution < 1.29 is 0 Å². The maximum absolute atomic E-state index is 3.65. The van der Waals surface area contributed by atoms with Gasteiger partial charge in [-0.2, -0.15) is 0 Å². The summed E-state index contributed by atoms with van der Waals surface area (Å²) < 4.78 is 0. The molecule has 0 bridgehead atoms. The van der Waals surface area contributed by atoms with Gasteiger partial charge in [-0.15, -0.1) is 0 Å². The van der Waals surface area contributed by atoms with Crippen LogP contribution in [0, 0.1) is 5.92 Å². The van der Waals surface area contributed by atoms with Crippen molar-refractivity contribution in [2.75, 3.05) is 40.3 Å². The molecule has 114 valence electrons. The van der Waals surface area contributed by atoms with Crippen LogP contribution in [-0.2, 0) is 0 Å². The standard InChI is InChI=1S/C16H35N3/c1-6-7-16(13-17-12-14(2)3)19(5)15-8-10-18(4)11-9-15/h14-17H,6-13H2,1-5H3. The number of piperidine rings is 1. The summed E-state index contributed by atoms with van der Waals surface area (Å²) in [6, 6.07) is 1.49. The molecule has 0 aromatic heterocycles. The van der Waals surface area contributed by atoms with Gasteiger partial charge in [-0.1, -0.05) is 27.2 Å². The number of hydrogen-bond acceptors (Lipinski definition) is 3. The molecule has 1 unspecified atom stereocenters. The Labute approximate surface area is 120 Å². The van der Waals surface area contributed by atoms with Crippen molar-refractivity contribution in [1.82, 2.24) is 15.1 Å². The van der Waals surface area contributed by atoms with Gasteiger partial charge in [-0.25, -0.2) is 0 Å². The average molecular weight is 269 g/mol. The first-order chi connectivity index (χ1) is 9.04. The fraction of sp³-hybridized carbons (Fsp3) is 1.00. The lowest BCUT2D eigenvalue weighted by Gasteiger charge is -2.39. The van der Waals surface area contributed by atoms with E-state index in [0.29, 0.717) is 6.04 Å². The molecule has 0 amide bonds.